The van der Waals surface area contributed by atoms with E-state index >= 15 is 0 Å². The first-order valence-corrected chi connectivity index (χ1v) is 10.0. The van der Waals surface area contributed by atoms with E-state index in [0.29, 0.717) is 12.2 Å². The van der Waals surface area contributed by atoms with Gasteiger partial charge in [-0.25, -0.2) is 9.67 Å². The lowest BCUT2D eigenvalue weighted by Crippen LogP contribution is -2.28. The molecular formula is C19H22N6OS. The zero-order valence-corrected chi connectivity index (χ0v) is 15.7. The molecule has 140 valence electrons. The summed E-state index contributed by atoms with van der Waals surface area (Å²) in [6, 6.07) is 10.6. The average molecular weight is 382 g/mol. The zero-order chi connectivity index (χ0) is 18.6. The van der Waals surface area contributed by atoms with Gasteiger partial charge in [0.15, 0.2) is 5.69 Å². The van der Waals surface area contributed by atoms with Crippen LogP contribution in [0, 0.1) is 0 Å². The molecule has 0 unspecified atom stereocenters. The Bertz CT molecular complexity index is 898. The van der Waals surface area contributed by atoms with Crippen molar-refractivity contribution in [1.82, 2.24) is 25.3 Å². The number of amides is 1. The van der Waals surface area contributed by atoms with E-state index in [1.54, 1.807) is 10.9 Å². The summed E-state index contributed by atoms with van der Waals surface area (Å²) in [5.41, 5.74) is 8.28. The number of nitrogens with two attached hydrogens (primary N) is 1. The van der Waals surface area contributed by atoms with Crippen molar-refractivity contribution in [2.24, 2.45) is 5.73 Å². The van der Waals surface area contributed by atoms with Gasteiger partial charge in [0.25, 0.3) is 5.91 Å². The Morgan fingerprint density at radius 3 is 2.78 bits per heavy atom. The third kappa shape index (κ3) is 4.23. The van der Waals surface area contributed by atoms with Gasteiger partial charge in [-0.05, 0) is 25.7 Å². The Morgan fingerprint density at radius 1 is 1.22 bits per heavy atom. The fraction of sp³-hybridized carbons (Fsp3) is 0.368. The van der Waals surface area contributed by atoms with E-state index in [0.717, 1.165) is 41.9 Å². The van der Waals surface area contributed by atoms with Crippen LogP contribution in [0.1, 0.15) is 47.2 Å². The first-order chi connectivity index (χ1) is 13.2. The number of hydrogen-bond acceptors (Lipinski definition) is 6. The lowest BCUT2D eigenvalue weighted by molar-refractivity contribution is 0.0945. The zero-order valence-electron chi connectivity index (χ0n) is 14.9. The van der Waals surface area contributed by atoms with E-state index in [2.05, 4.69) is 20.6 Å². The Hall–Kier alpha value is -2.58. The molecule has 8 heteroatoms. The molecule has 1 aromatic carbocycles. The molecule has 7 nitrogen and oxygen atoms in total. The van der Waals surface area contributed by atoms with Crippen LogP contribution in [0.5, 0.6) is 0 Å². The second-order valence-electron chi connectivity index (χ2n) is 6.83. The summed E-state index contributed by atoms with van der Waals surface area (Å²) in [5.74, 6) is -0.231. The van der Waals surface area contributed by atoms with Crippen LogP contribution in [-0.4, -0.2) is 31.9 Å². The number of nitrogens with one attached hydrogen (secondary N) is 1. The molecule has 1 aliphatic rings. The van der Waals surface area contributed by atoms with Crippen molar-refractivity contribution in [2.75, 3.05) is 0 Å². The third-order valence-electron chi connectivity index (χ3n) is 4.88. The molecule has 0 bridgehead atoms. The molecule has 0 radical (unpaired) electrons. The van der Waals surface area contributed by atoms with Gasteiger partial charge >= 0.3 is 0 Å². The summed E-state index contributed by atoms with van der Waals surface area (Å²) in [4.78, 5) is 17.0. The lowest BCUT2D eigenvalue weighted by Gasteiger charge is -2.25. The topological polar surface area (TPSA) is 98.7 Å². The van der Waals surface area contributed by atoms with Gasteiger partial charge in [-0.2, -0.15) is 0 Å². The highest BCUT2D eigenvalue weighted by Gasteiger charge is 2.22. The van der Waals surface area contributed by atoms with Crippen molar-refractivity contribution < 1.29 is 4.79 Å². The standard InChI is InChI=1S/C19H22N6OS/c20-14-6-8-15(9-7-14)25-11-16(23-24-25)19(26)21-10-18-22-17(12-27-18)13-4-2-1-3-5-13/h1-5,11-12,14-15H,6-10,20H2,(H,21,26). The molecule has 1 fully saturated rings. The quantitative estimate of drug-likeness (QED) is 0.707. The van der Waals surface area contributed by atoms with Gasteiger partial charge in [0.2, 0.25) is 0 Å². The molecule has 0 spiro atoms. The minimum atomic E-state index is -0.231. The Morgan fingerprint density at radius 2 is 2.00 bits per heavy atom. The Kier molecular flexibility index (Phi) is 5.26. The molecule has 0 saturated heterocycles. The predicted molar refractivity (Wildman–Crippen MR) is 104 cm³/mol. The van der Waals surface area contributed by atoms with E-state index in [1.807, 2.05) is 35.7 Å². The van der Waals surface area contributed by atoms with Gasteiger partial charge < -0.3 is 11.1 Å². The third-order valence-corrected chi connectivity index (χ3v) is 5.73. The molecule has 4 rings (SSSR count). The van der Waals surface area contributed by atoms with Crippen molar-refractivity contribution in [1.29, 1.82) is 0 Å². The molecule has 2 aromatic heterocycles. The van der Waals surface area contributed by atoms with E-state index < -0.39 is 0 Å². The normalized spacial score (nSPS) is 19.7. The van der Waals surface area contributed by atoms with Crippen molar-refractivity contribution in [2.45, 2.75) is 44.3 Å². The van der Waals surface area contributed by atoms with Gasteiger partial charge in [0.05, 0.1) is 24.5 Å². The monoisotopic (exact) mass is 382 g/mol. The van der Waals surface area contributed by atoms with E-state index in [-0.39, 0.29) is 18.0 Å². The minimum absolute atomic E-state index is 0.231. The highest BCUT2D eigenvalue weighted by atomic mass is 32.1. The lowest BCUT2D eigenvalue weighted by atomic mass is 9.92. The predicted octanol–water partition coefficient (Wildman–Crippen LogP) is 2.77. The molecular weight excluding hydrogens is 360 g/mol. The second-order valence-corrected chi connectivity index (χ2v) is 7.77. The smallest absolute Gasteiger partial charge is 0.273 e. The van der Waals surface area contributed by atoms with Crippen molar-refractivity contribution in [3.63, 3.8) is 0 Å². The van der Waals surface area contributed by atoms with Crippen LogP contribution in [0.4, 0.5) is 0 Å². The summed E-state index contributed by atoms with van der Waals surface area (Å²) in [6.07, 6.45) is 5.66. The second kappa shape index (κ2) is 7.98. The highest BCUT2D eigenvalue weighted by molar-refractivity contribution is 7.09. The van der Waals surface area contributed by atoms with Crippen LogP contribution in [0.2, 0.25) is 0 Å². The Labute approximate surface area is 161 Å². The first-order valence-electron chi connectivity index (χ1n) is 9.14. The molecule has 1 saturated carbocycles. The summed E-state index contributed by atoms with van der Waals surface area (Å²) in [7, 11) is 0. The molecule has 3 aromatic rings. The number of aromatic nitrogens is 4. The van der Waals surface area contributed by atoms with Crippen molar-refractivity contribution in [3.05, 3.63) is 52.6 Å². The number of nitrogens with zero attached hydrogens (tertiary/aromatic N) is 4. The van der Waals surface area contributed by atoms with Crippen LogP contribution in [0.15, 0.2) is 41.9 Å². The van der Waals surface area contributed by atoms with Gasteiger partial charge in [0.1, 0.15) is 5.01 Å². The molecule has 0 aliphatic heterocycles. The number of carbonyl (C=O) groups is 1. The largest absolute Gasteiger partial charge is 0.344 e. The maximum Gasteiger partial charge on any atom is 0.273 e. The van der Waals surface area contributed by atoms with Crippen LogP contribution >= 0.6 is 11.3 Å². The van der Waals surface area contributed by atoms with Gasteiger partial charge in [0, 0.05) is 17.0 Å². The number of rotatable bonds is 5. The van der Waals surface area contributed by atoms with Gasteiger partial charge in [-0.15, -0.1) is 16.4 Å². The SMILES string of the molecule is NC1CCC(n2cc(C(=O)NCc3nc(-c4ccccc4)cs3)nn2)CC1. The maximum atomic E-state index is 12.4. The summed E-state index contributed by atoms with van der Waals surface area (Å²) in [5, 5.41) is 13.9. The van der Waals surface area contributed by atoms with Gasteiger partial charge in [-0.3, -0.25) is 4.79 Å². The molecule has 2 heterocycles. The number of carbonyl (C=O) groups excluding carboxylic acids is 1. The maximum absolute atomic E-state index is 12.4. The Balaban J connectivity index is 1.34. The molecule has 27 heavy (non-hydrogen) atoms. The molecule has 3 N–H and O–H groups in total. The molecule has 1 amide bonds. The van der Waals surface area contributed by atoms with Gasteiger partial charge in [-0.1, -0.05) is 35.5 Å². The van der Waals surface area contributed by atoms with Crippen molar-refractivity contribution >= 4 is 17.2 Å². The van der Waals surface area contributed by atoms with Crippen LogP contribution in [0.25, 0.3) is 11.3 Å². The van der Waals surface area contributed by atoms with E-state index in [9.17, 15) is 4.79 Å². The van der Waals surface area contributed by atoms with Crippen LogP contribution in [0.3, 0.4) is 0 Å². The fourth-order valence-electron chi connectivity index (χ4n) is 3.31. The van der Waals surface area contributed by atoms with E-state index in [1.165, 1.54) is 11.3 Å². The fourth-order valence-corrected chi connectivity index (χ4v) is 4.05. The number of benzene rings is 1. The molecule has 1 aliphatic carbocycles. The number of hydrogen-bond donors (Lipinski definition) is 2. The first kappa shape index (κ1) is 17.8. The molecule has 0 atom stereocenters. The van der Waals surface area contributed by atoms with Crippen LogP contribution in [-0.2, 0) is 6.54 Å². The van der Waals surface area contributed by atoms with E-state index in [4.69, 9.17) is 5.73 Å². The summed E-state index contributed by atoms with van der Waals surface area (Å²) >= 11 is 1.53. The highest BCUT2D eigenvalue weighted by Crippen LogP contribution is 2.27. The summed E-state index contributed by atoms with van der Waals surface area (Å²) in [6.45, 7) is 0.376. The van der Waals surface area contributed by atoms with Crippen LogP contribution < -0.4 is 11.1 Å². The minimum Gasteiger partial charge on any atom is -0.344 e. The van der Waals surface area contributed by atoms with Crippen molar-refractivity contribution in [3.8, 4) is 11.3 Å². The summed E-state index contributed by atoms with van der Waals surface area (Å²) < 4.78 is 1.80. The average Bonchev–Trinajstić information content (AvgIpc) is 3.37. The number of thiazole rings is 1.